The molecule has 13 heteroatoms. The number of anilines is 1. The first kappa shape index (κ1) is 36.3. The molecule has 0 radical (unpaired) electrons. The summed E-state index contributed by atoms with van der Waals surface area (Å²) in [6.07, 6.45) is -1.61. The van der Waals surface area contributed by atoms with Crippen molar-refractivity contribution in [3.05, 3.63) is 47.4 Å². The minimum atomic E-state index is -1.03. The smallest absolute Gasteiger partial charge is 0.443 e. The average molecular weight is 659 g/mol. The largest absolute Gasteiger partial charge is 0.514 e. The maximum atomic E-state index is 13.7. The summed E-state index contributed by atoms with van der Waals surface area (Å²) in [6.45, 7) is 17.0. The molecule has 0 saturated heterocycles. The molecule has 2 aromatic heterocycles. The van der Waals surface area contributed by atoms with E-state index in [-0.39, 0.29) is 47.9 Å². The van der Waals surface area contributed by atoms with Crippen LogP contribution in [0.4, 0.5) is 20.2 Å². The Morgan fingerprint density at radius 3 is 1.91 bits per heavy atom. The summed E-state index contributed by atoms with van der Waals surface area (Å²) in [6, 6.07) is 7.40. The van der Waals surface area contributed by atoms with E-state index in [1.807, 2.05) is 31.2 Å². The third kappa shape index (κ3) is 9.20. The average Bonchev–Trinajstić information content (AvgIpc) is 3.22. The van der Waals surface area contributed by atoms with Crippen LogP contribution in [-0.4, -0.2) is 61.4 Å². The van der Waals surface area contributed by atoms with Crippen molar-refractivity contribution in [1.29, 1.82) is 0 Å². The van der Waals surface area contributed by atoms with Crippen molar-refractivity contribution in [1.82, 2.24) is 14.5 Å². The van der Waals surface area contributed by atoms with Crippen molar-refractivity contribution in [2.24, 2.45) is 0 Å². The van der Waals surface area contributed by atoms with Crippen LogP contribution in [0.15, 0.2) is 36.1 Å². The van der Waals surface area contributed by atoms with Crippen LogP contribution in [-0.2, 0) is 25.5 Å². The monoisotopic (exact) mass is 658 g/mol. The molecule has 1 aromatic carbocycles. The number of rotatable bonds is 7. The lowest BCUT2D eigenvalue weighted by Crippen LogP contribution is -2.44. The highest BCUT2D eigenvalue weighted by atomic mass is 35.5. The molecule has 1 N–H and O–H groups in total. The number of aryl methyl sites for hydroxylation is 2. The van der Waals surface area contributed by atoms with Gasteiger partial charge >= 0.3 is 18.3 Å². The second kappa shape index (κ2) is 14.1. The molecule has 3 aromatic rings. The van der Waals surface area contributed by atoms with E-state index in [4.69, 9.17) is 30.5 Å². The summed E-state index contributed by atoms with van der Waals surface area (Å²) in [5.74, 6) is -0.242. The SMILES string of the molecule is Cc1ccc(-c2c(/C(=C/Cl)OC(=O)OC(C)(C)C)n(CCCO)c3ncnc(N(C(=O)OC(C)(C)C)C(=O)OC(C)(C)C)c23)cc1. The van der Waals surface area contributed by atoms with Gasteiger partial charge in [0, 0.05) is 24.3 Å². The highest BCUT2D eigenvalue weighted by molar-refractivity contribution is 6.28. The van der Waals surface area contributed by atoms with Crippen molar-refractivity contribution in [3.8, 4) is 11.1 Å². The van der Waals surface area contributed by atoms with Gasteiger partial charge in [-0.05, 0) is 81.2 Å². The summed E-state index contributed by atoms with van der Waals surface area (Å²) >= 11 is 6.33. The van der Waals surface area contributed by atoms with Gasteiger partial charge in [0.1, 0.15) is 28.8 Å². The number of benzene rings is 1. The summed E-state index contributed by atoms with van der Waals surface area (Å²) in [5.41, 5.74) is 0.739. The first-order valence-corrected chi connectivity index (χ1v) is 15.2. The lowest BCUT2D eigenvalue weighted by Gasteiger charge is -2.28. The van der Waals surface area contributed by atoms with Gasteiger partial charge < -0.3 is 28.6 Å². The fourth-order valence-corrected chi connectivity index (χ4v) is 4.52. The van der Waals surface area contributed by atoms with Crippen LogP contribution in [0.25, 0.3) is 27.9 Å². The number of nitrogens with zero attached hydrogens (tertiary/aromatic N) is 4. The maximum Gasteiger partial charge on any atom is 0.514 e. The maximum absolute atomic E-state index is 13.7. The lowest BCUT2D eigenvalue weighted by atomic mass is 10.0. The van der Waals surface area contributed by atoms with E-state index in [0.29, 0.717) is 11.1 Å². The van der Waals surface area contributed by atoms with Gasteiger partial charge in [-0.3, -0.25) is 0 Å². The molecule has 0 atom stereocenters. The van der Waals surface area contributed by atoms with Crippen molar-refractivity contribution < 1.29 is 38.4 Å². The molecule has 0 aliphatic heterocycles. The number of hydrogen-bond donors (Lipinski definition) is 1. The third-order valence-corrected chi connectivity index (χ3v) is 6.18. The number of amides is 2. The van der Waals surface area contributed by atoms with Crippen LogP contribution >= 0.6 is 11.6 Å². The Morgan fingerprint density at radius 1 is 0.891 bits per heavy atom. The Bertz CT molecular complexity index is 1580. The van der Waals surface area contributed by atoms with E-state index in [0.717, 1.165) is 16.0 Å². The molecule has 3 rings (SSSR count). The number of aliphatic hydroxyl groups is 1. The summed E-state index contributed by atoms with van der Waals surface area (Å²) in [7, 11) is 0. The summed E-state index contributed by atoms with van der Waals surface area (Å²) in [4.78, 5) is 50.0. The molecule has 0 spiro atoms. The Kier molecular flexibility index (Phi) is 11.1. The molecule has 0 unspecified atom stereocenters. The summed E-state index contributed by atoms with van der Waals surface area (Å²) in [5, 5.41) is 10.0. The summed E-state index contributed by atoms with van der Waals surface area (Å²) < 4.78 is 24.0. The first-order chi connectivity index (χ1) is 21.3. The van der Waals surface area contributed by atoms with Gasteiger partial charge in [-0.15, -0.1) is 0 Å². The number of aromatic nitrogens is 3. The Morgan fingerprint density at radius 2 is 1.43 bits per heavy atom. The molecule has 12 nitrogen and oxygen atoms in total. The zero-order chi connectivity index (χ0) is 34.6. The van der Waals surface area contributed by atoms with Crippen LogP contribution in [0.2, 0.25) is 0 Å². The molecular weight excluding hydrogens is 616 g/mol. The second-order valence-electron chi connectivity index (χ2n) is 13.6. The normalized spacial score (nSPS) is 12.6. The van der Waals surface area contributed by atoms with Gasteiger partial charge in [0.2, 0.25) is 0 Å². The number of imide groups is 1. The molecule has 2 amide bonds. The van der Waals surface area contributed by atoms with Crippen LogP contribution in [0.5, 0.6) is 0 Å². The third-order valence-electron chi connectivity index (χ3n) is 5.98. The Hall–Kier alpha value is -4.16. The minimum absolute atomic E-state index is 0.102. The molecular formula is C33H43ClN4O8. The molecule has 2 heterocycles. The topological polar surface area (TPSA) is 142 Å². The zero-order valence-corrected chi connectivity index (χ0v) is 28.8. The molecule has 0 fully saturated rings. The standard InChI is InChI=1S/C33H43ClN4O8/c1-20-12-14-21(15-13-20)23-24-26(37(16-11-17-39)25(23)22(18-34)43-30(42)46-33(8,9)10)35-19-36-27(24)38(28(40)44-31(2,3)4)29(41)45-32(5,6)7/h12-15,18-19,39H,11,16-17H2,1-10H3/b22-18-. The second-order valence-corrected chi connectivity index (χ2v) is 13.8. The number of halogens is 1. The molecule has 0 aliphatic carbocycles. The quantitative estimate of drug-likeness (QED) is 0.151. The number of ether oxygens (including phenoxy) is 4. The molecule has 46 heavy (non-hydrogen) atoms. The van der Waals surface area contributed by atoms with E-state index >= 15 is 0 Å². The predicted molar refractivity (Wildman–Crippen MR) is 175 cm³/mol. The molecule has 0 aliphatic rings. The van der Waals surface area contributed by atoms with Gasteiger partial charge in [0.15, 0.2) is 11.6 Å². The zero-order valence-electron chi connectivity index (χ0n) is 28.1. The fourth-order valence-electron chi connectivity index (χ4n) is 4.37. The first-order valence-electron chi connectivity index (χ1n) is 14.8. The molecule has 0 bridgehead atoms. The predicted octanol–water partition coefficient (Wildman–Crippen LogP) is 7.95. The number of carbonyl (C=O) groups is 3. The van der Waals surface area contributed by atoms with Crippen molar-refractivity contribution >= 4 is 52.6 Å². The number of hydrogen-bond acceptors (Lipinski definition) is 10. The van der Waals surface area contributed by atoms with Crippen LogP contribution in [0.1, 0.15) is 80.0 Å². The lowest BCUT2D eigenvalue weighted by molar-refractivity contribution is 0.0146. The molecule has 0 saturated carbocycles. The Balaban J connectivity index is 2.50. The van der Waals surface area contributed by atoms with Crippen molar-refractivity contribution in [2.45, 2.75) is 99.0 Å². The number of aliphatic hydroxyl groups excluding tert-OH is 1. The van der Waals surface area contributed by atoms with E-state index < -0.39 is 35.1 Å². The van der Waals surface area contributed by atoms with Gasteiger partial charge in [-0.25, -0.2) is 24.4 Å². The van der Waals surface area contributed by atoms with Gasteiger partial charge in [-0.2, -0.15) is 4.90 Å². The van der Waals surface area contributed by atoms with Gasteiger partial charge in [0.05, 0.1) is 11.1 Å². The van der Waals surface area contributed by atoms with Crippen LogP contribution in [0, 0.1) is 6.92 Å². The van der Waals surface area contributed by atoms with E-state index in [1.54, 1.807) is 66.9 Å². The van der Waals surface area contributed by atoms with E-state index in [9.17, 15) is 19.5 Å². The fraction of sp³-hybridized carbons (Fsp3) is 0.485. The number of carbonyl (C=O) groups excluding carboxylic acids is 3. The van der Waals surface area contributed by atoms with Crippen LogP contribution in [0.3, 0.4) is 0 Å². The highest BCUT2D eigenvalue weighted by Gasteiger charge is 2.38. The van der Waals surface area contributed by atoms with Crippen molar-refractivity contribution in [3.63, 3.8) is 0 Å². The van der Waals surface area contributed by atoms with Gasteiger partial charge in [-0.1, -0.05) is 41.4 Å². The van der Waals surface area contributed by atoms with E-state index in [1.165, 1.54) is 6.33 Å². The highest BCUT2D eigenvalue weighted by Crippen LogP contribution is 2.43. The van der Waals surface area contributed by atoms with Gasteiger partial charge in [0.25, 0.3) is 0 Å². The van der Waals surface area contributed by atoms with E-state index in [2.05, 4.69) is 9.97 Å². The Labute approximate surface area is 274 Å². The minimum Gasteiger partial charge on any atom is -0.443 e. The van der Waals surface area contributed by atoms with Crippen molar-refractivity contribution in [2.75, 3.05) is 11.5 Å². The molecule has 250 valence electrons. The number of fused-ring (bicyclic) bond motifs is 1. The van der Waals surface area contributed by atoms with Crippen LogP contribution < -0.4 is 4.90 Å².